The zero-order valence-electron chi connectivity index (χ0n) is 22.7. The van der Waals surface area contributed by atoms with E-state index in [1.54, 1.807) is 11.9 Å². The summed E-state index contributed by atoms with van der Waals surface area (Å²) in [5.74, 6) is -0.331. The summed E-state index contributed by atoms with van der Waals surface area (Å²) in [5.41, 5.74) is 2.80. The van der Waals surface area contributed by atoms with Gasteiger partial charge >= 0.3 is 0 Å². The molecule has 0 heterocycles. The van der Waals surface area contributed by atoms with Crippen molar-refractivity contribution < 1.29 is 9.59 Å². The Morgan fingerprint density at radius 3 is 2.25 bits per heavy atom. The lowest BCUT2D eigenvalue weighted by Gasteiger charge is -2.46. The fourth-order valence-electron chi connectivity index (χ4n) is 5.95. The molecular weight excluding hydrogens is 446 g/mol. The van der Waals surface area contributed by atoms with Crippen LogP contribution in [0.25, 0.3) is 0 Å². The number of nitrogens with zero attached hydrogens (tertiary/aromatic N) is 2. The van der Waals surface area contributed by atoms with Crippen LogP contribution in [0.5, 0.6) is 0 Å². The van der Waals surface area contributed by atoms with Crippen LogP contribution in [-0.2, 0) is 15.0 Å². The molecule has 0 spiro atoms. The van der Waals surface area contributed by atoms with Crippen LogP contribution >= 0.6 is 0 Å². The van der Waals surface area contributed by atoms with Crippen LogP contribution in [0.15, 0.2) is 54.1 Å². The molecule has 0 atom stereocenters. The predicted molar refractivity (Wildman–Crippen MR) is 145 cm³/mol. The van der Waals surface area contributed by atoms with Gasteiger partial charge in [0.1, 0.15) is 0 Å². The molecule has 2 fully saturated rings. The third kappa shape index (κ3) is 6.46. The molecule has 0 bridgehead atoms. The van der Waals surface area contributed by atoms with Gasteiger partial charge in [-0.2, -0.15) is 5.26 Å². The Balaban J connectivity index is 1.73. The predicted octanol–water partition coefficient (Wildman–Crippen LogP) is 6.08. The number of hydrogen-bond acceptors (Lipinski definition) is 3. The maximum atomic E-state index is 13.5. The van der Waals surface area contributed by atoms with Gasteiger partial charge in [-0.15, -0.1) is 0 Å². The van der Waals surface area contributed by atoms with Crippen molar-refractivity contribution in [1.82, 2.24) is 10.2 Å². The average Bonchev–Trinajstić information content (AvgIpc) is 2.84. The lowest BCUT2D eigenvalue weighted by atomic mass is 9.61. The highest BCUT2D eigenvalue weighted by Gasteiger charge is 2.42. The van der Waals surface area contributed by atoms with Crippen LogP contribution in [-0.4, -0.2) is 36.9 Å². The summed E-state index contributed by atoms with van der Waals surface area (Å²) in [6, 6.07) is 13.2. The van der Waals surface area contributed by atoms with E-state index in [0.29, 0.717) is 25.0 Å². The van der Waals surface area contributed by atoms with E-state index in [4.69, 9.17) is 0 Å². The van der Waals surface area contributed by atoms with Crippen LogP contribution in [0, 0.1) is 22.2 Å². The monoisotopic (exact) mass is 489 g/mol. The zero-order valence-corrected chi connectivity index (χ0v) is 22.7. The average molecular weight is 490 g/mol. The van der Waals surface area contributed by atoms with Gasteiger partial charge in [-0.3, -0.25) is 9.59 Å². The number of rotatable bonds is 10. The van der Waals surface area contributed by atoms with E-state index in [1.165, 1.54) is 11.1 Å². The molecule has 5 nitrogen and oxygen atoms in total. The Morgan fingerprint density at radius 1 is 1.11 bits per heavy atom. The third-order valence-electron chi connectivity index (χ3n) is 8.49. The maximum Gasteiger partial charge on any atom is 0.249 e. The third-order valence-corrected chi connectivity index (χ3v) is 8.49. The first-order valence-electron chi connectivity index (χ1n) is 13.4. The Labute approximate surface area is 217 Å². The lowest BCUT2D eigenvalue weighted by molar-refractivity contribution is -0.134. The molecule has 194 valence electrons. The number of nitriles is 1. The molecule has 1 aromatic carbocycles. The molecule has 2 amide bonds. The van der Waals surface area contributed by atoms with E-state index in [0.717, 1.165) is 44.9 Å². The van der Waals surface area contributed by atoms with Crippen molar-refractivity contribution >= 4 is 11.8 Å². The smallest absolute Gasteiger partial charge is 0.249 e. The molecule has 0 unspecified atom stereocenters. The van der Waals surface area contributed by atoms with Gasteiger partial charge in [0.05, 0.1) is 18.0 Å². The number of likely N-dealkylation sites (N-methyl/N-ethyl adjacent to an activating group) is 1. The van der Waals surface area contributed by atoms with Gasteiger partial charge < -0.3 is 10.2 Å². The van der Waals surface area contributed by atoms with E-state index in [1.807, 2.05) is 0 Å². The van der Waals surface area contributed by atoms with Gasteiger partial charge in [-0.25, -0.2) is 0 Å². The first-order valence-corrected chi connectivity index (χ1v) is 13.4. The van der Waals surface area contributed by atoms with Crippen molar-refractivity contribution in [3.8, 4) is 6.07 Å². The number of carbonyl (C=O) groups is 2. The summed E-state index contributed by atoms with van der Waals surface area (Å²) in [6.45, 7) is 11.2. The van der Waals surface area contributed by atoms with Crippen LogP contribution in [0.4, 0.5) is 0 Å². The second-order valence-corrected chi connectivity index (χ2v) is 11.7. The molecule has 36 heavy (non-hydrogen) atoms. The highest BCUT2D eigenvalue weighted by molar-refractivity contribution is 5.95. The lowest BCUT2D eigenvalue weighted by Crippen LogP contribution is -2.47. The van der Waals surface area contributed by atoms with Crippen molar-refractivity contribution in [3.05, 3.63) is 59.7 Å². The molecule has 5 heteroatoms. The number of amides is 2. The summed E-state index contributed by atoms with van der Waals surface area (Å²) in [6.07, 6.45) is 10.4. The first-order chi connectivity index (χ1) is 17.1. The van der Waals surface area contributed by atoms with Crippen LogP contribution in [0.1, 0.15) is 84.1 Å². The van der Waals surface area contributed by atoms with Crippen LogP contribution in [0.2, 0.25) is 0 Å². The highest BCUT2D eigenvalue weighted by Crippen LogP contribution is 2.49. The largest absolute Gasteiger partial charge is 0.358 e. The van der Waals surface area contributed by atoms with E-state index >= 15 is 0 Å². The van der Waals surface area contributed by atoms with E-state index in [-0.39, 0.29) is 34.6 Å². The van der Waals surface area contributed by atoms with Crippen molar-refractivity contribution in [3.63, 3.8) is 0 Å². The van der Waals surface area contributed by atoms with Crippen molar-refractivity contribution in [2.75, 3.05) is 20.1 Å². The number of hydrogen-bond donors (Lipinski definition) is 1. The minimum atomic E-state index is -0.296. The Bertz CT molecular complexity index is 1020. The minimum Gasteiger partial charge on any atom is -0.358 e. The highest BCUT2D eigenvalue weighted by atomic mass is 16.2. The van der Waals surface area contributed by atoms with Gasteiger partial charge in [-0.1, -0.05) is 61.9 Å². The Morgan fingerprint density at radius 2 is 1.75 bits per heavy atom. The van der Waals surface area contributed by atoms with E-state index in [9.17, 15) is 14.9 Å². The number of nitrogens with one attached hydrogen (secondary N) is 1. The molecule has 0 aliphatic heterocycles. The second kappa shape index (κ2) is 11.5. The summed E-state index contributed by atoms with van der Waals surface area (Å²) >= 11 is 0. The summed E-state index contributed by atoms with van der Waals surface area (Å²) in [7, 11) is 1.60. The van der Waals surface area contributed by atoms with Gasteiger partial charge in [0.2, 0.25) is 11.8 Å². The van der Waals surface area contributed by atoms with Crippen LogP contribution in [0.3, 0.4) is 0 Å². The molecule has 0 aromatic heterocycles. The summed E-state index contributed by atoms with van der Waals surface area (Å²) in [5, 5.41) is 12.2. The molecule has 2 saturated carbocycles. The molecule has 2 aliphatic rings. The second-order valence-electron chi connectivity index (χ2n) is 11.7. The maximum absolute atomic E-state index is 13.5. The zero-order chi connectivity index (χ0) is 26.4. The molecular formula is C31H43N3O2. The number of benzene rings is 1. The number of allylic oxidation sites excluding steroid dienone is 2. The first kappa shape index (κ1) is 27.7. The van der Waals surface area contributed by atoms with Crippen molar-refractivity contribution in [2.24, 2.45) is 10.8 Å². The van der Waals surface area contributed by atoms with E-state index in [2.05, 4.69) is 75.1 Å². The standard InChI is InChI=1S/C31H43N3O2/c1-24(2)20-31(26-10-7-6-8-11-26)18-16-29(4,17-19-31)23-34(21-27(35)33-5)28(36)25(3)12-15-30(22-32)13-9-14-30/h6-8,10-11,20H,3,9,12-19,21,23H2,1-2,4-5H3,(H,33,35)/t29-,31+. The SMILES string of the molecule is C=C(CCC1(C#N)CCC1)C(=O)N(CC(=O)NC)C[C@]1(C)CC[C@](C=C(C)C)(c2ccccc2)CC1. The van der Waals surface area contributed by atoms with Gasteiger partial charge in [0.15, 0.2) is 0 Å². The topological polar surface area (TPSA) is 73.2 Å². The number of carbonyl (C=O) groups excluding carboxylic acids is 2. The van der Waals surface area contributed by atoms with Crippen molar-refractivity contribution in [1.29, 1.82) is 5.26 Å². The molecule has 1 aromatic rings. The van der Waals surface area contributed by atoms with Gasteiger partial charge in [-0.05, 0) is 76.2 Å². The van der Waals surface area contributed by atoms with Crippen molar-refractivity contribution in [2.45, 2.75) is 84.0 Å². The molecule has 1 N–H and O–H groups in total. The fraction of sp³-hybridized carbons (Fsp3) is 0.581. The molecule has 0 saturated heterocycles. The van der Waals surface area contributed by atoms with Gasteiger partial charge in [0, 0.05) is 24.6 Å². The normalized spacial score (nSPS) is 24.5. The Hall–Kier alpha value is -2.87. The van der Waals surface area contributed by atoms with E-state index < -0.39 is 0 Å². The summed E-state index contributed by atoms with van der Waals surface area (Å²) in [4.78, 5) is 27.5. The fourth-order valence-corrected chi connectivity index (χ4v) is 5.95. The molecule has 0 radical (unpaired) electrons. The molecule has 3 rings (SSSR count). The summed E-state index contributed by atoms with van der Waals surface area (Å²) < 4.78 is 0. The van der Waals surface area contributed by atoms with Gasteiger partial charge in [0.25, 0.3) is 0 Å². The minimum absolute atomic E-state index is 0.00716. The molecule has 2 aliphatic carbocycles. The van der Waals surface area contributed by atoms with Crippen LogP contribution < -0.4 is 5.32 Å². The quantitative estimate of drug-likeness (QED) is 0.320. The Kier molecular flexibility index (Phi) is 8.82.